The van der Waals surface area contributed by atoms with Gasteiger partial charge in [0.2, 0.25) is 5.91 Å². The Hall–Kier alpha value is -1.39. The van der Waals surface area contributed by atoms with Crippen molar-refractivity contribution in [2.24, 2.45) is 0 Å². The summed E-state index contributed by atoms with van der Waals surface area (Å²) in [5.74, 6) is 0.0953. The lowest BCUT2D eigenvalue weighted by Gasteiger charge is -2.25. The predicted molar refractivity (Wildman–Crippen MR) is 76.5 cm³/mol. The largest absolute Gasteiger partial charge is 0.375 e. The van der Waals surface area contributed by atoms with Gasteiger partial charge in [0.05, 0.1) is 19.1 Å². The lowest BCUT2D eigenvalue weighted by atomic mass is 10.1. The molecule has 1 N–H and O–H groups in total. The van der Waals surface area contributed by atoms with Crippen molar-refractivity contribution in [3.63, 3.8) is 0 Å². The maximum absolute atomic E-state index is 12.2. The Morgan fingerprint density at radius 2 is 2.16 bits per heavy atom. The Labute approximate surface area is 114 Å². The molecular formula is C15H22N2O2. The van der Waals surface area contributed by atoms with E-state index in [1.807, 2.05) is 19.2 Å². The van der Waals surface area contributed by atoms with E-state index in [1.54, 1.807) is 4.90 Å². The van der Waals surface area contributed by atoms with E-state index in [2.05, 4.69) is 24.4 Å². The van der Waals surface area contributed by atoms with Crippen LogP contribution in [0, 0.1) is 0 Å². The molecule has 1 aliphatic heterocycles. The fourth-order valence-electron chi connectivity index (χ4n) is 2.18. The van der Waals surface area contributed by atoms with Gasteiger partial charge in [-0.2, -0.15) is 0 Å². The molecule has 2 rings (SSSR count). The molecule has 1 unspecified atom stereocenters. The average Bonchev–Trinajstić information content (AvgIpc) is 2.47. The number of ether oxygens (including phenoxy) is 1. The number of benzene rings is 1. The zero-order valence-corrected chi connectivity index (χ0v) is 11.7. The Morgan fingerprint density at radius 1 is 1.42 bits per heavy atom. The number of hydrogen-bond acceptors (Lipinski definition) is 3. The van der Waals surface area contributed by atoms with Gasteiger partial charge in [-0.1, -0.05) is 19.1 Å². The topological polar surface area (TPSA) is 41.6 Å². The molecule has 0 aromatic heterocycles. The quantitative estimate of drug-likeness (QED) is 0.896. The fourth-order valence-corrected chi connectivity index (χ4v) is 2.18. The highest BCUT2D eigenvalue weighted by Gasteiger charge is 2.20. The summed E-state index contributed by atoms with van der Waals surface area (Å²) in [4.78, 5) is 13.9. The number of carbonyl (C=O) groups excluding carboxylic acids is 1. The van der Waals surface area contributed by atoms with Gasteiger partial charge in [0.15, 0.2) is 0 Å². The molecule has 1 aromatic carbocycles. The lowest BCUT2D eigenvalue weighted by Crippen LogP contribution is -2.41. The van der Waals surface area contributed by atoms with Gasteiger partial charge >= 0.3 is 0 Å². The van der Waals surface area contributed by atoms with Crippen molar-refractivity contribution in [2.75, 3.05) is 31.6 Å². The van der Waals surface area contributed by atoms with Crippen molar-refractivity contribution < 1.29 is 9.53 Å². The number of anilines is 1. The molecule has 0 spiro atoms. The van der Waals surface area contributed by atoms with E-state index in [0.29, 0.717) is 13.0 Å². The van der Waals surface area contributed by atoms with Crippen LogP contribution < -0.4 is 10.2 Å². The molecule has 0 radical (unpaired) electrons. The van der Waals surface area contributed by atoms with Gasteiger partial charge in [-0.3, -0.25) is 4.79 Å². The van der Waals surface area contributed by atoms with Crippen LogP contribution in [0.5, 0.6) is 0 Å². The highest BCUT2D eigenvalue weighted by Crippen LogP contribution is 2.16. The Bertz CT molecular complexity index is 411. The summed E-state index contributed by atoms with van der Waals surface area (Å²) in [5, 5.41) is 3.24. The van der Waals surface area contributed by atoms with Gasteiger partial charge in [-0.15, -0.1) is 0 Å². The number of nitrogens with zero attached hydrogens (tertiary/aromatic N) is 1. The van der Waals surface area contributed by atoms with Crippen molar-refractivity contribution in [3.05, 3.63) is 29.8 Å². The second-order valence-electron chi connectivity index (χ2n) is 4.87. The molecule has 104 valence electrons. The monoisotopic (exact) mass is 262 g/mol. The van der Waals surface area contributed by atoms with Gasteiger partial charge in [0.25, 0.3) is 0 Å². The highest BCUT2D eigenvalue weighted by atomic mass is 16.5. The number of amides is 1. The normalized spacial score (nSPS) is 19.2. The number of hydrogen-bond donors (Lipinski definition) is 1. The molecular weight excluding hydrogens is 240 g/mol. The molecule has 0 aliphatic carbocycles. The van der Waals surface area contributed by atoms with Crippen molar-refractivity contribution in [1.29, 1.82) is 0 Å². The Balaban J connectivity index is 1.93. The lowest BCUT2D eigenvalue weighted by molar-refractivity contribution is -0.121. The molecule has 19 heavy (non-hydrogen) atoms. The molecule has 1 atom stereocenters. The summed E-state index contributed by atoms with van der Waals surface area (Å²) >= 11 is 0. The molecule has 4 heteroatoms. The van der Waals surface area contributed by atoms with Gasteiger partial charge < -0.3 is 15.0 Å². The third-order valence-electron chi connectivity index (χ3n) is 3.51. The van der Waals surface area contributed by atoms with E-state index in [4.69, 9.17) is 4.74 Å². The highest BCUT2D eigenvalue weighted by molar-refractivity contribution is 5.93. The fraction of sp³-hybridized carbons (Fsp3) is 0.533. The van der Waals surface area contributed by atoms with Crippen LogP contribution in [-0.2, 0) is 16.0 Å². The standard InChI is InChI=1S/C15H22N2O2/c1-3-12-4-6-13(7-5-12)17(2)15(18)10-14-11-16-8-9-19-14/h4-7,14,16H,3,8-11H2,1-2H3. The van der Waals surface area contributed by atoms with Crippen LogP contribution in [0.2, 0.25) is 0 Å². The first-order chi connectivity index (χ1) is 9.20. The molecule has 1 saturated heterocycles. The summed E-state index contributed by atoms with van der Waals surface area (Å²) in [5.41, 5.74) is 2.22. The SMILES string of the molecule is CCc1ccc(N(C)C(=O)CC2CNCCO2)cc1. The van der Waals surface area contributed by atoms with Crippen molar-refractivity contribution in [1.82, 2.24) is 5.32 Å². The smallest absolute Gasteiger partial charge is 0.229 e. The minimum atomic E-state index is -0.00128. The van der Waals surface area contributed by atoms with Crippen molar-refractivity contribution >= 4 is 11.6 Å². The second kappa shape index (κ2) is 6.68. The third kappa shape index (κ3) is 3.78. The van der Waals surface area contributed by atoms with Crippen LogP contribution in [0.4, 0.5) is 5.69 Å². The first-order valence-corrected chi connectivity index (χ1v) is 6.88. The van der Waals surface area contributed by atoms with Gasteiger partial charge in [-0.05, 0) is 24.1 Å². The van der Waals surface area contributed by atoms with Crippen LogP contribution in [0.15, 0.2) is 24.3 Å². The number of rotatable bonds is 4. The van der Waals surface area contributed by atoms with Gasteiger partial charge in [0, 0.05) is 25.8 Å². The Morgan fingerprint density at radius 3 is 2.74 bits per heavy atom. The summed E-state index contributed by atoms with van der Waals surface area (Å²) in [6.45, 7) is 4.44. The number of aryl methyl sites for hydroxylation is 1. The van der Waals surface area contributed by atoms with Gasteiger partial charge in [-0.25, -0.2) is 0 Å². The summed E-state index contributed by atoms with van der Waals surface area (Å²) < 4.78 is 5.56. The maximum Gasteiger partial charge on any atom is 0.229 e. The first kappa shape index (κ1) is 14.0. The van der Waals surface area contributed by atoms with Crippen LogP contribution in [0.25, 0.3) is 0 Å². The minimum Gasteiger partial charge on any atom is -0.375 e. The average molecular weight is 262 g/mol. The molecule has 1 aromatic rings. The summed E-state index contributed by atoms with van der Waals surface area (Å²) in [6, 6.07) is 8.13. The molecule has 1 fully saturated rings. The summed E-state index contributed by atoms with van der Waals surface area (Å²) in [6.07, 6.45) is 1.44. The number of nitrogens with one attached hydrogen (secondary N) is 1. The van der Waals surface area contributed by atoms with E-state index in [-0.39, 0.29) is 12.0 Å². The molecule has 0 bridgehead atoms. The van der Waals surface area contributed by atoms with E-state index in [0.717, 1.165) is 25.2 Å². The number of carbonyl (C=O) groups is 1. The molecule has 1 heterocycles. The zero-order chi connectivity index (χ0) is 13.7. The maximum atomic E-state index is 12.2. The molecule has 0 saturated carbocycles. The van der Waals surface area contributed by atoms with Crippen LogP contribution >= 0.6 is 0 Å². The third-order valence-corrected chi connectivity index (χ3v) is 3.51. The Kier molecular flexibility index (Phi) is 4.93. The summed E-state index contributed by atoms with van der Waals surface area (Å²) in [7, 11) is 1.82. The van der Waals surface area contributed by atoms with Crippen molar-refractivity contribution in [3.8, 4) is 0 Å². The van der Waals surface area contributed by atoms with E-state index in [9.17, 15) is 4.79 Å². The van der Waals surface area contributed by atoms with Crippen LogP contribution in [0.1, 0.15) is 18.9 Å². The molecule has 1 amide bonds. The van der Waals surface area contributed by atoms with E-state index < -0.39 is 0 Å². The molecule has 4 nitrogen and oxygen atoms in total. The second-order valence-corrected chi connectivity index (χ2v) is 4.87. The van der Waals surface area contributed by atoms with Gasteiger partial charge in [0.1, 0.15) is 0 Å². The number of morpholine rings is 1. The minimum absolute atomic E-state index is 0.00128. The van der Waals surface area contributed by atoms with Crippen molar-refractivity contribution in [2.45, 2.75) is 25.9 Å². The van der Waals surface area contributed by atoms with E-state index >= 15 is 0 Å². The van der Waals surface area contributed by atoms with Crippen LogP contribution in [0.3, 0.4) is 0 Å². The van der Waals surface area contributed by atoms with E-state index in [1.165, 1.54) is 5.56 Å². The zero-order valence-electron chi connectivity index (χ0n) is 11.7. The molecule has 1 aliphatic rings. The van der Waals surface area contributed by atoms with Crippen LogP contribution in [-0.4, -0.2) is 38.8 Å². The predicted octanol–water partition coefficient (Wildman–Crippen LogP) is 1.59. The first-order valence-electron chi connectivity index (χ1n) is 6.88.